The van der Waals surface area contributed by atoms with E-state index in [1.807, 2.05) is 0 Å². The highest BCUT2D eigenvalue weighted by Crippen LogP contribution is 2.10. The molecule has 1 aromatic rings. The molecule has 1 N–H and O–H groups in total. The van der Waals surface area contributed by atoms with E-state index in [1.165, 1.54) is 5.56 Å². The Balaban J connectivity index is 1.74. The molecule has 0 aliphatic carbocycles. The Labute approximate surface area is 91.5 Å². The van der Waals surface area contributed by atoms with Crippen molar-refractivity contribution in [3.05, 3.63) is 35.9 Å². The van der Waals surface area contributed by atoms with E-state index in [0.29, 0.717) is 0 Å². The Morgan fingerprint density at radius 2 is 1.80 bits per heavy atom. The van der Waals surface area contributed by atoms with Crippen LogP contribution in [-0.4, -0.2) is 35.7 Å². The normalized spacial score (nSPS) is 19.3. The first-order valence-electron chi connectivity index (χ1n) is 5.79. The van der Waals surface area contributed by atoms with E-state index in [9.17, 15) is 5.11 Å². The fourth-order valence-corrected chi connectivity index (χ4v) is 2.07. The first-order valence-corrected chi connectivity index (χ1v) is 5.79. The summed E-state index contributed by atoms with van der Waals surface area (Å²) in [6, 6.07) is 10.6. The second-order valence-electron chi connectivity index (χ2n) is 4.31. The summed E-state index contributed by atoms with van der Waals surface area (Å²) < 4.78 is 0. The molecule has 1 aliphatic heterocycles. The second-order valence-corrected chi connectivity index (χ2v) is 4.31. The molecule has 0 unspecified atom stereocenters. The van der Waals surface area contributed by atoms with Gasteiger partial charge in [0.1, 0.15) is 0 Å². The molecule has 0 radical (unpaired) electrons. The summed E-state index contributed by atoms with van der Waals surface area (Å²) in [5, 5.41) is 9.39. The van der Waals surface area contributed by atoms with Gasteiger partial charge < -0.3 is 10.0 Å². The minimum atomic E-state index is -0.0574. The number of rotatable bonds is 3. The Kier molecular flexibility index (Phi) is 3.75. The number of benzene rings is 1. The van der Waals surface area contributed by atoms with E-state index >= 15 is 0 Å². The molecule has 15 heavy (non-hydrogen) atoms. The minimum Gasteiger partial charge on any atom is -0.393 e. The van der Waals surface area contributed by atoms with E-state index in [2.05, 4.69) is 35.2 Å². The smallest absolute Gasteiger partial charge is 0.0564 e. The minimum absolute atomic E-state index is 0.0574. The lowest BCUT2D eigenvalue weighted by Crippen LogP contribution is -2.36. The molecule has 1 aliphatic rings. The van der Waals surface area contributed by atoms with Gasteiger partial charge in [0.2, 0.25) is 0 Å². The third-order valence-electron chi connectivity index (χ3n) is 3.12. The number of likely N-dealkylation sites (tertiary alicyclic amines) is 1. The number of hydrogen-bond donors (Lipinski definition) is 1. The highest BCUT2D eigenvalue weighted by atomic mass is 16.3. The molecule has 0 spiro atoms. The largest absolute Gasteiger partial charge is 0.393 e. The molecule has 0 aromatic heterocycles. The summed E-state index contributed by atoms with van der Waals surface area (Å²) in [7, 11) is 0. The molecule has 1 aromatic carbocycles. The zero-order valence-corrected chi connectivity index (χ0v) is 9.10. The van der Waals surface area contributed by atoms with Crippen LogP contribution < -0.4 is 0 Å². The first kappa shape index (κ1) is 10.7. The first-order chi connectivity index (χ1) is 7.34. The molecule has 0 saturated carbocycles. The lowest BCUT2D eigenvalue weighted by molar-refractivity contribution is 0.0832. The third kappa shape index (κ3) is 3.33. The van der Waals surface area contributed by atoms with Crippen LogP contribution in [0.2, 0.25) is 0 Å². The summed E-state index contributed by atoms with van der Waals surface area (Å²) in [6.45, 7) is 3.22. The van der Waals surface area contributed by atoms with Crippen LogP contribution in [0.3, 0.4) is 0 Å². The molecule has 2 heteroatoms. The highest BCUT2D eigenvalue weighted by Gasteiger charge is 2.15. The molecule has 2 rings (SSSR count). The Hall–Kier alpha value is -0.860. The molecule has 1 fully saturated rings. The zero-order chi connectivity index (χ0) is 10.5. The number of hydrogen-bond acceptors (Lipinski definition) is 2. The van der Waals surface area contributed by atoms with Gasteiger partial charge in [-0.3, -0.25) is 0 Å². The quantitative estimate of drug-likeness (QED) is 0.811. The van der Waals surface area contributed by atoms with E-state index in [4.69, 9.17) is 0 Å². The summed E-state index contributed by atoms with van der Waals surface area (Å²) in [4.78, 5) is 2.44. The van der Waals surface area contributed by atoms with Gasteiger partial charge in [0.15, 0.2) is 0 Å². The monoisotopic (exact) mass is 205 g/mol. The molecule has 0 bridgehead atoms. The molecular weight excluding hydrogens is 186 g/mol. The molecule has 1 heterocycles. The maximum Gasteiger partial charge on any atom is 0.0564 e. The summed E-state index contributed by atoms with van der Waals surface area (Å²) in [5.41, 5.74) is 1.41. The fraction of sp³-hybridized carbons (Fsp3) is 0.538. The van der Waals surface area contributed by atoms with Crippen molar-refractivity contribution in [2.24, 2.45) is 0 Å². The Morgan fingerprint density at radius 3 is 2.47 bits per heavy atom. The van der Waals surface area contributed by atoms with Crippen molar-refractivity contribution in [3.8, 4) is 0 Å². The van der Waals surface area contributed by atoms with Gasteiger partial charge >= 0.3 is 0 Å². The van der Waals surface area contributed by atoms with Crippen molar-refractivity contribution >= 4 is 0 Å². The van der Waals surface area contributed by atoms with Gasteiger partial charge in [0.25, 0.3) is 0 Å². The van der Waals surface area contributed by atoms with E-state index in [0.717, 1.165) is 38.9 Å². The van der Waals surface area contributed by atoms with E-state index < -0.39 is 0 Å². The average molecular weight is 205 g/mol. The van der Waals surface area contributed by atoms with Crippen LogP contribution in [0.15, 0.2) is 30.3 Å². The van der Waals surface area contributed by atoms with Gasteiger partial charge in [-0.2, -0.15) is 0 Å². The van der Waals surface area contributed by atoms with Crippen molar-refractivity contribution < 1.29 is 5.11 Å². The maximum atomic E-state index is 9.39. The van der Waals surface area contributed by atoms with Crippen LogP contribution in [0, 0.1) is 0 Å². The van der Waals surface area contributed by atoms with Gasteiger partial charge in [0, 0.05) is 19.6 Å². The van der Waals surface area contributed by atoms with Crippen LogP contribution in [0.1, 0.15) is 18.4 Å². The summed E-state index contributed by atoms with van der Waals surface area (Å²) in [5.74, 6) is 0. The second kappa shape index (κ2) is 5.29. The van der Waals surface area contributed by atoms with Gasteiger partial charge in [-0.1, -0.05) is 30.3 Å². The van der Waals surface area contributed by atoms with Gasteiger partial charge in [-0.25, -0.2) is 0 Å². The predicted molar refractivity (Wildman–Crippen MR) is 61.8 cm³/mol. The maximum absolute atomic E-state index is 9.39. The van der Waals surface area contributed by atoms with Gasteiger partial charge in [0.05, 0.1) is 6.10 Å². The van der Waals surface area contributed by atoms with Crippen molar-refractivity contribution in [1.29, 1.82) is 0 Å². The van der Waals surface area contributed by atoms with Crippen LogP contribution >= 0.6 is 0 Å². The van der Waals surface area contributed by atoms with Gasteiger partial charge in [-0.05, 0) is 24.8 Å². The lowest BCUT2D eigenvalue weighted by Gasteiger charge is -2.29. The molecule has 1 saturated heterocycles. The summed E-state index contributed by atoms with van der Waals surface area (Å²) >= 11 is 0. The number of aliphatic hydroxyl groups is 1. The summed E-state index contributed by atoms with van der Waals surface area (Å²) in [6.07, 6.45) is 2.94. The number of nitrogens with zero attached hydrogens (tertiary/aromatic N) is 1. The topological polar surface area (TPSA) is 23.5 Å². The molecule has 0 amide bonds. The molecule has 82 valence electrons. The number of aliphatic hydroxyl groups excluding tert-OH is 1. The Morgan fingerprint density at radius 1 is 1.13 bits per heavy atom. The average Bonchev–Trinajstić information content (AvgIpc) is 2.30. The molecule has 0 atom stereocenters. The standard InChI is InChI=1S/C13H19NO/c15-13-7-10-14(11-8-13)9-6-12-4-2-1-3-5-12/h1-5,13,15H,6-11H2. The zero-order valence-electron chi connectivity index (χ0n) is 9.10. The highest BCUT2D eigenvalue weighted by molar-refractivity contribution is 5.14. The van der Waals surface area contributed by atoms with Crippen LogP contribution in [0.5, 0.6) is 0 Å². The molecule has 2 nitrogen and oxygen atoms in total. The van der Waals surface area contributed by atoms with Crippen LogP contribution in [0.25, 0.3) is 0 Å². The van der Waals surface area contributed by atoms with Crippen molar-refractivity contribution in [2.45, 2.75) is 25.4 Å². The van der Waals surface area contributed by atoms with E-state index in [-0.39, 0.29) is 6.10 Å². The van der Waals surface area contributed by atoms with Gasteiger partial charge in [-0.15, -0.1) is 0 Å². The van der Waals surface area contributed by atoms with E-state index in [1.54, 1.807) is 0 Å². The Bertz CT molecular complexity index is 278. The molecular formula is C13H19NO. The lowest BCUT2D eigenvalue weighted by atomic mass is 10.1. The fourth-order valence-electron chi connectivity index (χ4n) is 2.07. The van der Waals surface area contributed by atoms with Crippen molar-refractivity contribution in [1.82, 2.24) is 4.90 Å². The SMILES string of the molecule is OC1CCN(CCc2ccccc2)CC1. The predicted octanol–water partition coefficient (Wildman–Crippen LogP) is 1.69. The number of piperidine rings is 1. The van der Waals surface area contributed by atoms with Crippen molar-refractivity contribution in [3.63, 3.8) is 0 Å². The van der Waals surface area contributed by atoms with Crippen LogP contribution in [-0.2, 0) is 6.42 Å². The third-order valence-corrected chi connectivity index (χ3v) is 3.12. The van der Waals surface area contributed by atoms with Crippen LogP contribution in [0.4, 0.5) is 0 Å². The van der Waals surface area contributed by atoms with Crippen molar-refractivity contribution in [2.75, 3.05) is 19.6 Å².